The predicted octanol–water partition coefficient (Wildman–Crippen LogP) is 3.64. The van der Waals surface area contributed by atoms with Crippen molar-refractivity contribution in [2.24, 2.45) is 0 Å². The second-order valence-corrected chi connectivity index (χ2v) is 6.32. The van der Waals surface area contributed by atoms with E-state index in [1.165, 1.54) is 23.1 Å². The average Bonchev–Trinajstić information content (AvgIpc) is 2.69. The molecule has 5 heteroatoms. The van der Waals surface area contributed by atoms with Gasteiger partial charge in [-0.1, -0.05) is 17.7 Å². The standard InChI is InChI=1S/C17H11ClFNO2/c1-17-8-9-2-3-10(18)6-12(9)16(22)20(17)14-5-4-11(19)7-13(14)15(17)21/h2-7H,8H2,1H3. The number of anilines is 1. The first-order chi connectivity index (χ1) is 10.4. The highest BCUT2D eigenvalue weighted by Gasteiger charge is 2.53. The Bertz CT molecular complexity index is 864. The average molecular weight is 316 g/mol. The first-order valence-electron chi connectivity index (χ1n) is 6.89. The smallest absolute Gasteiger partial charge is 0.259 e. The molecule has 0 saturated heterocycles. The lowest BCUT2D eigenvalue weighted by molar-refractivity contribution is 0.0842. The van der Waals surface area contributed by atoms with Gasteiger partial charge in [-0.05, 0) is 42.8 Å². The van der Waals surface area contributed by atoms with Gasteiger partial charge in [0.1, 0.15) is 11.4 Å². The van der Waals surface area contributed by atoms with Gasteiger partial charge in [0, 0.05) is 22.6 Å². The number of Topliss-reactive ketones (excluding diaryl/α,β-unsaturated/α-hetero) is 1. The van der Waals surface area contributed by atoms with E-state index in [2.05, 4.69) is 0 Å². The van der Waals surface area contributed by atoms with Gasteiger partial charge in [-0.15, -0.1) is 0 Å². The zero-order valence-electron chi connectivity index (χ0n) is 11.7. The number of hydrogen-bond donors (Lipinski definition) is 0. The summed E-state index contributed by atoms with van der Waals surface area (Å²) >= 11 is 5.98. The lowest BCUT2D eigenvalue weighted by Gasteiger charge is -2.39. The van der Waals surface area contributed by atoms with Crippen molar-refractivity contribution in [2.45, 2.75) is 18.9 Å². The summed E-state index contributed by atoms with van der Waals surface area (Å²) in [6.45, 7) is 1.72. The fraction of sp³-hybridized carbons (Fsp3) is 0.176. The van der Waals surface area contributed by atoms with Gasteiger partial charge in [0.05, 0.1) is 5.69 Å². The van der Waals surface area contributed by atoms with Crippen LogP contribution in [0.3, 0.4) is 0 Å². The van der Waals surface area contributed by atoms with E-state index in [9.17, 15) is 14.0 Å². The molecule has 22 heavy (non-hydrogen) atoms. The Morgan fingerprint density at radius 1 is 1.14 bits per heavy atom. The molecule has 0 aliphatic carbocycles. The molecule has 2 aliphatic heterocycles. The SMILES string of the molecule is CC12Cc3ccc(Cl)cc3C(=O)N1c1ccc(F)cc1C2=O. The maximum absolute atomic E-state index is 13.5. The highest BCUT2D eigenvalue weighted by Crippen LogP contribution is 2.45. The molecule has 2 heterocycles. The van der Waals surface area contributed by atoms with Crippen molar-refractivity contribution in [3.8, 4) is 0 Å². The molecule has 0 N–H and O–H groups in total. The van der Waals surface area contributed by atoms with E-state index in [1.54, 1.807) is 25.1 Å². The van der Waals surface area contributed by atoms with E-state index < -0.39 is 11.4 Å². The summed E-state index contributed by atoms with van der Waals surface area (Å²) in [5.74, 6) is -0.982. The number of ketones is 1. The summed E-state index contributed by atoms with van der Waals surface area (Å²) in [7, 11) is 0. The Balaban J connectivity index is 1.97. The first-order valence-corrected chi connectivity index (χ1v) is 7.27. The van der Waals surface area contributed by atoms with E-state index in [1.807, 2.05) is 0 Å². The molecule has 3 nitrogen and oxygen atoms in total. The molecule has 0 fully saturated rings. The van der Waals surface area contributed by atoms with Crippen molar-refractivity contribution in [3.05, 3.63) is 63.9 Å². The van der Waals surface area contributed by atoms with Crippen LogP contribution in [0, 0.1) is 5.82 Å². The van der Waals surface area contributed by atoms with Crippen LogP contribution >= 0.6 is 11.6 Å². The van der Waals surface area contributed by atoms with Crippen LogP contribution in [0.5, 0.6) is 0 Å². The van der Waals surface area contributed by atoms with Crippen molar-refractivity contribution in [1.82, 2.24) is 0 Å². The van der Waals surface area contributed by atoms with E-state index >= 15 is 0 Å². The van der Waals surface area contributed by atoms with Gasteiger partial charge < -0.3 is 0 Å². The molecule has 0 saturated carbocycles. The molecule has 4 rings (SSSR count). The topological polar surface area (TPSA) is 37.4 Å². The lowest BCUT2D eigenvalue weighted by Crippen LogP contribution is -2.55. The van der Waals surface area contributed by atoms with Crippen molar-refractivity contribution >= 4 is 29.0 Å². The summed E-state index contributed by atoms with van der Waals surface area (Å²) in [5.41, 5.74) is 0.998. The molecular weight excluding hydrogens is 305 g/mol. The molecule has 110 valence electrons. The summed E-state index contributed by atoms with van der Waals surface area (Å²) < 4.78 is 13.5. The number of benzene rings is 2. The zero-order valence-corrected chi connectivity index (χ0v) is 12.4. The molecule has 1 unspecified atom stereocenters. The lowest BCUT2D eigenvalue weighted by atomic mass is 9.82. The summed E-state index contributed by atoms with van der Waals surface area (Å²) in [6, 6.07) is 9.05. The van der Waals surface area contributed by atoms with Crippen LogP contribution in [-0.4, -0.2) is 17.2 Å². The van der Waals surface area contributed by atoms with Gasteiger partial charge >= 0.3 is 0 Å². The minimum absolute atomic E-state index is 0.226. The van der Waals surface area contributed by atoms with Crippen LogP contribution in [0.15, 0.2) is 36.4 Å². The van der Waals surface area contributed by atoms with Gasteiger partial charge in [0.15, 0.2) is 5.78 Å². The third-order valence-corrected chi connectivity index (χ3v) is 4.70. The van der Waals surface area contributed by atoms with Crippen LogP contribution in [0.2, 0.25) is 5.02 Å². The second kappa shape index (κ2) is 4.17. The Kier molecular flexibility index (Phi) is 2.55. The molecular formula is C17H11ClFNO2. The highest BCUT2D eigenvalue weighted by molar-refractivity contribution is 6.31. The Morgan fingerprint density at radius 2 is 1.91 bits per heavy atom. The summed E-state index contributed by atoms with van der Waals surface area (Å²) in [5, 5.41) is 0.473. The van der Waals surface area contributed by atoms with Crippen LogP contribution < -0.4 is 4.90 Å². The third-order valence-electron chi connectivity index (χ3n) is 4.47. The van der Waals surface area contributed by atoms with Crippen LogP contribution in [0.4, 0.5) is 10.1 Å². The van der Waals surface area contributed by atoms with Crippen molar-refractivity contribution in [3.63, 3.8) is 0 Å². The maximum atomic E-state index is 13.5. The van der Waals surface area contributed by atoms with Gasteiger partial charge in [-0.2, -0.15) is 0 Å². The second-order valence-electron chi connectivity index (χ2n) is 5.88. The summed E-state index contributed by atoms with van der Waals surface area (Å²) in [4.78, 5) is 27.1. The molecule has 1 atom stereocenters. The Labute approximate surface area is 131 Å². The van der Waals surface area contributed by atoms with Crippen LogP contribution in [0.25, 0.3) is 0 Å². The van der Waals surface area contributed by atoms with Gasteiger partial charge in [-0.25, -0.2) is 4.39 Å². The zero-order chi connectivity index (χ0) is 15.6. The fourth-order valence-electron chi connectivity index (χ4n) is 3.43. The predicted molar refractivity (Wildman–Crippen MR) is 81.1 cm³/mol. The number of nitrogens with zero attached hydrogens (tertiary/aromatic N) is 1. The number of carbonyl (C=O) groups is 2. The maximum Gasteiger partial charge on any atom is 0.259 e. The third kappa shape index (κ3) is 1.56. The largest absolute Gasteiger partial charge is 0.294 e. The van der Waals surface area contributed by atoms with E-state index in [4.69, 9.17) is 11.6 Å². The molecule has 1 amide bonds. The van der Waals surface area contributed by atoms with E-state index in [0.717, 1.165) is 5.56 Å². The number of rotatable bonds is 0. The molecule has 2 aromatic rings. The molecule has 0 aromatic heterocycles. The van der Waals surface area contributed by atoms with Gasteiger partial charge in [-0.3, -0.25) is 14.5 Å². The molecule has 2 aromatic carbocycles. The monoisotopic (exact) mass is 315 g/mol. The van der Waals surface area contributed by atoms with Crippen molar-refractivity contribution in [2.75, 3.05) is 4.90 Å². The molecule has 0 radical (unpaired) electrons. The minimum Gasteiger partial charge on any atom is -0.294 e. The molecule has 2 aliphatic rings. The Hall–Kier alpha value is -2.20. The van der Waals surface area contributed by atoms with Crippen LogP contribution in [0.1, 0.15) is 33.2 Å². The quantitative estimate of drug-likeness (QED) is 0.744. The van der Waals surface area contributed by atoms with Crippen molar-refractivity contribution in [1.29, 1.82) is 0 Å². The highest BCUT2D eigenvalue weighted by atomic mass is 35.5. The number of carbonyl (C=O) groups excluding carboxylic acids is 2. The number of hydrogen-bond acceptors (Lipinski definition) is 2. The van der Waals surface area contributed by atoms with Gasteiger partial charge in [0.2, 0.25) is 0 Å². The van der Waals surface area contributed by atoms with E-state index in [-0.39, 0.29) is 17.3 Å². The normalized spacial score (nSPS) is 22.4. The number of fused-ring (bicyclic) bond motifs is 4. The van der Waals surface area contributed by atoms with E-state index in [0.29, 0.717) is 22.7 Å². The number of halogens is 2. The number of amides is 1. The minimum atomic E-state index is -1.01. The first kappa shape index (κ1) is 13.5. The fourth-order valence-corrected chi connectivity index (χ4v) is 3.60. The summed E-state index contributed by atoms with van der Waals surface area (Å²) in [6.07, 6.45) is 0.389. The van der Waals surface area contributed by atoms with Crippen molar-refractivity contribution < 1.29 is 14.0 Å². The van der Waals surface area contributed by atoms with Gasteiger partial charge in [0.25, 0.3) is 5.91 Å². The molecule has 0 spiro atoms. The van der Waals surface area contributed by atoms with Crippen LogP contribution in [-0.2, 0) is 6.42 Å². The molecule has 0 bridgehead atoms. The Morgan fingerprint density at radius 3 is 2.68 bits per heavy atom.